The van der Waals surface area contributed by atoms with Crippen molar-refractivity contribution in [3.05, 3.63) is 12.4 Å². The van der Waals surface area contributed by atoms with Crippen molar-refractivity contribution in [1.82, 2.24) is 9.55 Å². The predicted octanol–water partition coefficient (Wildman–Crippen LogP) is 2.56. The summed E-state index contributed by atoms with van der Waals surface area (Å²) >= 11 is 0. The van der Waals surface area contributed by atoms with Gasteiger partial charge in [-0.2, -0.15) is 0 Å². The maximum absolute atomic E-state index is 6.22. The van der Waals surface area contributed by atoms with Crippen LogP contribution in [0.3, 0.4) is 0 Å². The first-order valence-corrected chi connectivity index (χ1v) is 7.79. The molecule has 4 nitrogen and oxygen atoms in total. The molecule has 0 aromatic carbocycles. The number of rotatable bonds is 2. The van der Waals surface area contributed by atoms with Gasteiger partial charge in [0.05, 0.1) is 0 Å². The lowest BCUT2D eigenvalue weighted by Crippen LogP contribution is -2.48. The predicted molar refractivity (Wildman–Crippen MR) is 78.3 cm³/mol. The number of aromatic nitrogens is 2. The summed E-state index contributed by atoms with van der Waals surface area (Å²) in [6.07, 6.45) is 12.0. The minimum Gasteiger partial charge on any atom is -0.341 e. The fourth-order valence-corrected chi connectivity index (χ4v) is 3.48. The van der Waals surface area contributed by atoms with E-state index in [1.165, 1.54) is 38.5 Å². The van der Waals surface area contributed by atoms with Gasteiger partial charge in [-0.25, -0.2) is 4.98 Å². The summed E-state index contributed by atoms with van der Waals surface area (Å²) in [5.41, 5.74) is 6.22. The van der Waals surface area contributed by atoms with Gasteiger partial charge >= 0.3 is 0 Å². The van der Waals surface area contributed by atoms with E-state index in [4.69, 9.17) is 5.73 Å². The van der Waals surface area contributed by atoms with Crippen LogP contribution in [0, 0.1) is 5.92 Å². The standard InChI is InChI=1S/C15H26N4/c1-12-7-9-18(11-14(12)16)15-17-8-10-19(15)13-5-3-2-4-6-13/h8,10,12-14H,2-7,9,11,16H2,1H3. The molecule has 19 heavy (non-hydrogen) atoms. The van der Waals surface area contributed by atoms with E-state index in [0.717, 1.165) is 19.0 Å². The zero-order valence-corrected chi connectivity index (χ0v) is 12.0. The topological polar surface area (TPSA) is 47.1 Å². The van der Waals surface area contributed by atoms with Crippen molar-refractivity contribution in [2.75, 3.05) is 18.0 Å². The van der Waals surface area contributed by atoms with Gasteiger partial charge in [0, 0.05) is 37.6 Å². The molecule has 2 N–H and O–H groups in total. The van der Waals surface area contributed by atoms with Crippen molar-refractivity contribution in [3.8, 4) is 0 Å². The summed E-state index contributed by atoms with van der Waals surface area (Å²) < 4.78 is 2.40. The number of piperidine rings is 1. The Balaban J connectivity index is 1.76. The molecule has 3 rings (SSSR count). The monoisotopic (exact) mass is 262 g/mol. The molecule has 4 heteroatoms. The third-order valence-corrected chi connectivity index (χ3v) is 4.92. The molecule has 1 aliphatic carbocycles. The van der Waals surface area contributed by atoms with E-state index in [2.05, 4.69) is 27.6 Å². The second-order valence-electron chi connectivity index (χ2n) is 6.30. The second-order valence-corrected chi connectivity index (χ2v) is 6.30. The van der Waals surface area contributed by atoms with E-state index in [1.54, 1.807) is 0 Å². The first kappa shape index (κ1) is 13.0. The summed E-state index contributed by atoms with van der Waals surface area (Å²) in [5.74, 6) is 1.78. The maximum atomic E-state index is 6.22. The lowest BCUT2D eigenvalue weighted by molar-refractivity contribution is 0.340. The maximum Gasteiger partial charge on any atom is 0.205 e. The molecule has 1 aliphatic heterocycles. The summed E-state index contributed by atoms with van der Waals surface area (Å²) in [4.78, 5) is 7.00. The molecule has 0 amide bonds. The fourth-order valence-electron chi connectivity index (χ4n) is 3.48. The Morgan fingerprint density at radius 1 is 1.21 bits per heavy atom. The number of anilines is 1. The van der Waals surface area contributed by atoms with Crippen LogP contribution in [0.1, 0.15) is 51.5 Å². The molecule has 0 radical (unpaired) electrons. The third-order valence-electron chi connectivity index (χ3n) is 4.92. The van der Waals surface area contributed by atoms with Gasteiger partial charge in [0.2, 0.25) is 5.95 Å². The van der Waals surface area contributed by atoms with Crippen LogP contribution in [-0.2, 0) is 0 Å². The molecule has 1 aromatic heterocycles. The third kappa shape index (κ3) is 2.64. The van der Waals surface area contributed by atoms with Crippen molar-refractivity contribution in [3.63, 3.8) is 0 Å². The number of nitrogens with two attached hydrogens (primary N) is 1. The van der Waals surface area contributed by atoms with Crippen LogP contribution in [0.2, 0.25) is 0 Å². The summed E-state index contributed by atoms with van der Waals surface area (Å²) in [6.45, 7) is 4.30. The van der Waals surface area contributed by atoms with E-state index in [9.17, 15) is 0 Å². The van der Waals surface area contributed by atoms with Crippen LogP contribution in [0.4, 0.5) is 5.95 Å². The lowest BCUT2D eigenvalue weighted by atomic mass is 9.94. The van der Waals surface area contributed by atoms with Gasteiger partial charge in [0.25, 0.3) is 0 Å². The zero-order chi connectivity index (χ0) is 13.2. The van der Waals surface area contributed by atoms with Gasteiger partial charge < -0.3 is 15.2 Å². The number of hydrogen-bond donors (Lipinski definition) is 1. The van der Waals surface area contributed by atoms with Crippen LogP contribution in [-0.4, -0.2) is 28.7 Å². The Morgan fingerprint density at radius 2 is 2.00 bits per heavy atom. The highest BCUT2D eigenvalue weighted by Crippen LogP contribution is 2.32. The molecule has 2 atom stereocenters. The van der Waals surface area contributed by atoms with E-state index < -0.39 is 0 Å². The smallest absolute Gasteiger partial charge is 0.205 e. The minimum atomic E-state index is 0.283. The van der Waals surface area contributed by atoms with Gasteiger partial charge in [-0.15, -0.1) is 0 Å². The molecule has 1 saturated heterocycles. The average Bonchev–Trinajstić information content (AvgIpc) is 2.92. The molecule has 2 fully saturated rings. The summed E-state index contributed by atoms with van der Waals surface area (Å²) in [7, 11) is 0. The van der Waals surface area contributed by atoms with Crippen molar-refractivity contribution in [2.24, 2.45) is 11.7 Å². The molecule has 0 bridgehead atoms. The van der Waals surface area contributed by atoms with Crippen molar-refractivity contribution in [2.45, 2.75) is 57.5 Å². The molecule has 1 aromatic rings. The molecule has 2 unspecified atom stereocenters. The number of nitrogens with zero attached hydrogens (tertiary/aromatic N) is 3. The van der Waals surface area contributed by atoms with Gasteiger partial charge in [-0.05, 0) is 25.2 Å². The summed E-state index contributed by atoms with van der Waals surface area (Å²) in [6, 6.07) is 0.937. The van der Waals surface area contributed by atoms with Gasteiger partial charge in [0.1, 0.15) is 0 Å². The number of imidazole rings is 1. The Labute approximate surface area is 116 Å². The highest BCUT2D eigenvalue weighted by atomic mass is 15.3. The molecule has 2 heterocycles. The van der Waals surface area contributed by atoms with E-state index in [0.29, 0.717) is 12.0 Å². The summed E-state index contributed by atoms with van der Waals surface area (Å²) in [5, 5.41) is 0. The SMILES string of the molecule is CC1CCN(c2nccn2C2CCCCC2)CC1N. The van der Waals surface area contributed by atoms with Crippen LogP contribution >= 0.6 is 0 Å². The average molecular weight is 262 g/mol. The minimum absolute atomic E-state index is 0.283. The quantitative estimate of drug-likeness (QED) is 0.891. The van der Waals surface area contributed by atoms with Gasteiger partial charge in [0.15, 0.2) is 0 Å². The molecular weight excluding hydrogens is 236 g/mol. The first-order chi connectivity index (χ1) is 9.25. The fraction of sp³-hybridized carbons (Fsp3) is 0.800. The van der Waals surface area contributed by atoms with Gasteiger partial charge in [-0.1, -0.05) is 26.2 Å². The first-order valence-electron chi connectivity index (χ1n) is 7.79. The molecule has 1 saturated carbocycles. The van der Waals surface area contributed by atoms with Crippen LogP contribution in [0.25, 0.3) is 0 Å². The molecule has 0 spiro atoms. The zero-order valence-electron chi connectivity index (χ0n) is 12.0. The largest absolute Gasteiger partial charge is 0.341 e. The highest BCUT2D eigenvalue weighted by Gasteiger charge is 2.27. The Kier molecular flexibility index (Phi) is 3.78. The molecular formula is C15H26N4. The van der Waals surface area contributed by atoms with Gasteiger partial charge in [-0.3, -0.25) is 0 Å². The molecule has 2 aliphatic rings. The van der Waals surface area contributed by atoms with Crippen LogP contribution in [0.5, 0.6) is 0 Å². The second kappa shape index (κ2) is 5.53. The van der Waals surface area contributed by atoms with E-state index in [1.807, 2.05) is 6.20 Å². The normalized spacial score (nSPS) is 29.7. The van der Waals surface area contributed by atoms with Crippen molar-refractivity contribution < 1.29 is 0 Å². The van der Waals surface area contributed by atoms with E-state index in [-0.39, 0.29) is 6.04 Å². The lowest BCUT2D eigenvalue weighted by Gasteiger charge is -2.37. The Morgan fingerprint density at radius 3 is 2.74 bits per heavy atom. The Bertz CT molecular complexity index is 408. The highest BCUT2D eigenvalue weighted by molar-refractivity contribution is 5.33. The van der Waals surface area contributed by atoms with E-state index >= 15 is 0 Å². The van der Waals surface area contributed by atoms with Crippen LogP contribution < -0.4 is 10.6 Å². The van der Waals surface area contributed by atoms with Crippen molar-refractivity contribution in [1.29, 1.82) is 0 Å². The molecule has 106 valence electrons. The van der Waals surface area contributed by atoms with Crippen molar-refractivity contribution >= 4 is 5.95 Å². The number of hydrogen-bond acceptors (Lipinski definition) is 3. The van der Waals surface area contributed by atoms with Crippen LogP contribution in [0.15, 0.2) is 12.4 Å². The Hall–Kier alpha value is -1.03.